The smallest absolute Gasteiger partial charge is 0.132 e. The molecule has 96 valence electrons. The molecule has 0 aliphatic carbocycles. The zero-order chi connectivity index (χ0) is 13.4. The van der Waals surface area contributed by atoms with Gasteiger partial charge >= 0.3 is 0 Å². The van der Waals surface area contributed by atoms with Crippen molar-refractivity contribution in [3.8, 4) is 0 Å². The van der Waals surface area contributed by atoms with Crippen molar-refractivity contribution in [3.05, 3.63) is 51.8 Å². The van der Waals surface area contributed by atoms with Gasteiger partial charge in [0.1, 0.15) is 17.7 Å². The summed E-state index contributed by atoms with van der Waals surface area (Å²) in [5.41, 5.74) is 0.490. The Hall–Kier alpha value is -1.46. The van der Waals surface area contributed by atoms with Crippen LogP contribution in [0.5, 0.6) is 0 Å². The molecule has 0 aliphatic rings. The number of aromatic nitrogens is 2. The van der Waals surface area contributed by atoms with Crippen molar-refractivity contribution in [2.75, 3.05) is 0 Å². The number of nitrogens with zero attached hydrogens (tertiary/aromatic N) is 2. The first-order chi connectivity index (χ1) is 8.41. The van der Waals surface area contributed by atoms with Gasteiger partial charge in [0.2, 0.25) is 0 Å². The fraction of sp³-hybridized carbons (Fsp3) is 0.250. The maximum absolute atomic E-state index is 13.7. The molecule has 0 spiro atoms. The van der Waals surface area contributed by atoms with E-state index in [0.717, 1.165) is 6.07 Å². The molecule has 1 heterocycles. The molecular formula is C12H11ClF2N2O. The maximum atomic E-state index is 13.7. The molecule has 1 atom stereocenters. The third-order valence-corrected chi connectivity index (χ3v) is 3.06. The monoisotopic (exact) mass is 272 g/mol. The van der Waals surface area contributed by atoms with E-state index in [4.69, 9.17) is 11.6 Å². The van der Waals surface area contributed by atoms with Gasteiger partial charge in [-0.3, -0.25) is 4.68 Å². The number of aliphatic hydroxyl groups excluding tert-OH is 1. The van der Waals surface area contributed by atoms with Gasteiger partial charge < -0.3 is 5.11 Å². The van der Waals surface area contributed by atoms with Gasteiger partial charge in [-0.15, -0.1) is 0 Å². The molecule has 1 aromatic heterocycles. The molecule has 18 heavy (non-hydrogen) atoms. The molecule has 1 unspecified atom stereocenters. The summed E-state index contributed by atoms with van der Waals surface area (Å²) in [6.45, 7) is 1.50. The highest BCUT2D eigenvalue weighted by atomic mass is 35.5. The molecule has 0 aliphatic heterocycles. The second-order valence-corrected chi connectivity index (χ2v) is 4.43. The molecule has 1 aromatic carbocycles. The van der Waals surface area contributed by atoms with Crippen LogP contribution in [0.1, 0.15) is 22.9 Å². The number of aliphatic hydroxyl groups is 1. The van der Waals surface area contributed by atoms with Gasteiger partial charge in [-0.05, 0) is 18.6 Å². The van der Waals surface area contributed by atoms with E-state index in [9.17, 15) is 13.9 Å². The minimum atomic E-state index is -1.29. The Kier molecular flexibility index (Phi) is 3.36. The lowest BCUT2D eigenvalue weighted by Crippen LogP contribution is -2.09. The van der Waals surface area contributed by atoms with E-state index in [2.05, 4.69) is 5.10 Å². The number of hydrogen-bond donors (Lipinski definition) is 1. The molecule has 2 rings (SSSR count). The third-order valence-electron chi connectivity index (χ3n) is 2.77. The van der Waals surface area contributed by atoms with E-state index in [-0.39, 0.29) is 21.8 Å². The van der Waals surface area contributed by atoms with Gasteiger partial charge in [-0.2, -0.15) is 5.10 Å². The third kappa shape index (κ3) is 2.11. The predicted molar refractivity (Wildman–Crippen MR) is 63.4 cm³/mol. The van der Waals surface area contributed by atoms with Gasteiger partial charge in [0.25, 0.3) is 0 Å². The minimum absolute atomic E-state index is 0.0283. The molecule has 0 bridgehead atoms. The standard InChI is InChI=1S/C12H11ClF2N2O/c1-6-3-7(10(15)4-9(6)14)12(18)11-8(13)5-16-17(11)2/h3-5,12,18H,1-2H3. The normalized spacial score (nSPS) is 12.8. The molecule has 0 saturated carbocycles. The Morgan fingerprint density at radius 2 is 2.00 bits per heavy atom. The highest BCUT2D eigenvalue weighted by molar-refractivity contribution is 6.31. The van der Waals surface area contributed by atoms with Crippen LogP contribution < -0.4 is 0 Å². The summed E-state index contributed by atoms with van der Waals surface area (Å²) in [5, 5.41) is 14.2. The lowest BCUT2D eigenvalue weighted by Gasteiger charge is -2.14. The fourth-order valence-corrected chi connectivity index (χ4v) is 2.03. The van der Waals surface area contributed by atoms with Crippen molar-refractivity contribution in [2.24, 2.45) is 7.05 Å². The van der Waals surface area contributed by atoms with E-state index < -0.39 is 17.7 Å². The Bertz CT molecular complexity index is 579. The summed E-state index contributed by atoms with van der Waals surface area (Å²) in [6.07, 6.45) is 0.0679. The van der Waals surface area contributed by atoms with Gasteiger partial charge in [-0.1, -0.05) is 11.6 Å². The van der Waals surface area contributed by atoms with Crippen LogP contribution in [0.25, 0.3) is 0 Å². The van der Waals surface area contributed by atoms with Crippen molar-refractivity contribution in [1.82, 2.24) is 9.78 Å². The summed E-state index contributed by atoms with van der Waals surface area (Å²) in [5.74, 6) is -1.47. The zero-order valence-electron chi connectivity index (χ0n) is 9.78. The topological polar surface area (TPSA) is 38.1 Å². The van der Waals surface area contributed by atoms with Gasteiger partial charge in [0.15, 0.2) is 0 Å². The van der Waals surface area contributed by atoms with Crippen LogP contribution in [0.4, 0.5) is 8.78 Å². The van der Waals surface area contributed by atoms with Crippen molar-refractivity contribution < 1.29 is 13.9 Å². The van der Waals surface area contributed by atoms with Crippen LogP contribution in [0.2, 0.25) is 5.02 Å². The summed E-state index contributed by atoms with van der Waals surface area (Å²) < 4.78 is 28.2. The van der Waals surface area contributed by atoms with Crippen molar-refractivity contribution in [1.29, 1.82) is 0 Å². The molecule has 0 amide bonds. The highest BCUT2D eigenvalue weighted by Crippen LogP contribution is 2.30. The van der Waals surface area contributed by atoms with Gasteiger partial charge in [0.05, 0.1) is 16.9 Å². The quantitative estimate of drug-likeness (QED) is 0.913. The van der Waals surface area contributed by atoms with E-state index in [1.54, 1.807) is 7.05 Å². The van der Waals surface area contributed by atoms with Crippen LogP contribution in [-0.4, -0.2) is 14.9 Å². The van der Waals surface area contributed by atoms with Gasteiger partial charge in [-0.25, -0.2) is 8.78 Å². The second-order valence-electron chi connectivity index (χ2n) is 4.03. The average molecular weight is 273 g/mol. The summed E-state index contributed by atoms with van der Waals surface area (Å²) in [7, 11) is 1.58. The maximum Gasteiger partial charge on any atom is 0.132 e. The number of benzene rings is 1. The molecule has 0 radical (unpaired) electrons. The Balaban J connectivity index is 2.53. The zero-order valence-corrected chi connectivity index (χ0v) is 10.5. The first kappa shape index (κ1) is 13.0. The summed E-state index contributed by atoms with van der Waals surface area (Å²) in [6, 6.07) is 2.01. The van der Waals surface area contributed by atoms with Crippen molar-refractivity contribution in [3.63, 3.8) is 0 Å². The van der Waals surface area contributed by atoms with E-state index >= 15 is 0 Å². The first-order valence-corrected chi connectivity index (χ1v) is 5.60. The minimum Gasteiger partial charge on any atom is -0.382 e. The molecule has 3 nitrogen and oxygen atoms in total. The van der Waals surface area contributed by atoms with Crippen LogP contribution in [0.15, 0.2) is 18.3 Å². The number of hydrogen-bond acceptors (Lipinski definition) is 2. The fourth-order valence-electron chi connectivity index (χ4n) is 1.76. The molecule has 0 saturated heterocycles. The Labute approximate surface area is 108 Å². The van der Waals surface area contributed by atoms with Crippen LogP contribution in [0, 0.1) is 18.6 Å². The Morgan fingerprint density at radius 3 is 2.56 bits per heavy atom. The van der Waals surface area contributed by atoms with Crippen molar-refractivity contribution >= 4 is 11.6 Å². The second kappa shape index (κ2) is 4.66. The number of aryl methyl sites for hydroxylation is 2. The first-order valence-electron chi connectivity index (χ1n) is 5.22. The van der Waals surface area contributed by atoms with Gasteiger partial charge in [0, 0.05) is 18.7 Å². The van der Waals surface area contributed by atoms with Crippen molar-refractivity contribution in [2.45, 2.75) is 13.0 Å². The molecule has 0 fully saturated rings. The highest BCUT2D eigenvalue weighted by Gasteiger charge is 2.22. The molecule has 6 heteroatoms. The van der Waals surface area contributed by atoms with E-state index in [0.29, 0.717) is 0 Å². The molecule has 2 aromatic rings. The average Bonchev–Trinajstić information content (AvgIpc) is 2.63. The SMILES string of the molecule is Cc1cc(C(O)c2c(Cl)cnn2C)c(F)cc1F. The lowest BCUT2D eigenvalue weighted by molar-refractivity contribution is 0.204. The van der Waals surface area contributed by atoms with E-state index in [1.807, 2.05) is 0 Å². The lowest BCUT2D eigenvalue weighted by atomic mass is 10.0. The Morgan fingerprint density at radius 1 is 1.33 bits per heavy atom. The van der Waals surface area contributed by atoms with Crippen LogP contribution in [-0.2, 0) is 7.05 Å². The number of rotatable bonds is 2. The van der Waals surface area contributed by atoms with Crippen LogP contribution in [0.3, 0.4) is 0 Å². The number of halogens is 3. The van der Waals surface area contributed by atoms with E-state index in [1.165, 1.54) is 23.9 Å². The van der Waals surface area contributed by atoms with Crippen LogP contribution >= 0.6 is 11.6 Å². The largest absolute Gasteiger partial charge is 0.382 e. The summed E-state index contributed by atoms with van der Waals surface area (Å²) in [4.78, 5) is 0. The summed E-state index contributed by atoms with van der Waals surface area (Å²) >= 11 is 5.87. The predicted octanol–water partition coefficient (Wildman–Crippen LogP) is 2.74. The molecular weight excluding hydrogens is 262 g/mol. The molecule has 1 N–H and O–H groups in total.